The summed E-state index contributed by atoms with van der Waals surface area (Å²) >= 11 is 1.56. The Morgan fingerprint density at radius 3 is 2.87 bits per heavy atom. The third-order valence-corrected chi connectivity index (χ3v) is 3.20. The standard InChI is InChI=1S/C11H12N2OS/c1-3-9-11(14-2)15-10(13-9)8-5-4-6-12-7-8/h4-7H,3H2,1-2H3. The summed E-state index contributed by atoms with van der Waals surface area (Å²) in [5.74, 6) is 0. The van der Waals surface area contributed by atoms with Crippen molar-refractivity contribution in [2.75, 3.05) is 7.11 Å². The molecule has 0 fully saturated rings. The summed E-state index contributed by atoms with van der Waals surface area (Å²) in [5, 5.41) is 1.87. The number of nitrogens with zero attached hydrogens (tertiary/aromatic N) is 2. The highest BCUT2D eigenvalue weighted by molar-refractivity contribution is 7.17. The molecule has 0 atom stereocenters. The largest absolute Gasteiger partial charge is 0.486 e. The molecule has 0 aliphatic carbocycles. The van der Waals surface area contributed by atoms with Gasteiger partial charge in [-0.2, -0.15) is 0 Å². The number of thiazole rings is 1. The van der Waals surface area contributed by atoms with E-state index in [1.807, 2.05) is 18.3 Å². The maximum atomic E-state index is 5.27. The lowest BCUT2D eigenvalue weighted by Crippen LogP contribution is -1.86. The number of pyridine rings is 1. The fraction of sp³-hybridized carbons (Fsp3) is 0.273. The molecule has 2 rings (SSSR count). The molecular weight excluding hydrogens is 208 g/mol. The Morgan fingerprint density at radius 2 is 2.33 bits per heavy atom. The van der Waals surface area contributed by atoms with E-state index in [9.17, 15) is 0 Å². The molecule has 0 aromatic carbocycles. The average Bonchev–Trinajstić information content (AvgIpc) is 2.73. The van der Waals surface area contributed by atoms with Gasteiger partial charge >= 0.3 is 0 Å². The van der Waals surface area contributed by atoms with Crippen LogP contribution in [0.2, 0.25) is 0 Å². The maximum absolute atomic E-state index is 5.27. The number of aromatic nitrogens is 2. The fourth-order valence-corrected chi connectivity index (χ4v) is 2.29. The number of methoxy groups -OCH3 is 1. The Labute approximate surface area is 92.8 Å². The second-order valence-electron chi connectivity index (χ2n) is 3.05. The zero-order valence-electron chi connectivity index (χ0n) is 8.73. The molecule has 2 heterocycles. The molecule has 0 bridgehead atoms. The van der Waals surface area contributed by atoms with Crippen LogP contribution >= 0.6 is 11.3 Å². The zero-order valence-corrected chi connectivity index (χ0v) is 9.54. The minimum atomic E-state index is 0.889. The van der Waals surface area contributed by atoms with Crippen LogP contribution in [-0.4, -0.2) is 17.1 Å². The van der Waals surface area contributed by atoms with E-state index in [0.29, 0.717) is 0 Å². The van der Waals surface area contributed by atoms with Crippen molar-refractivity contribution in [2.24, 2.45) is 0 Å². The molecule has 15 heavy (non-hydrogen) atoms. The monoisotopic (exact) mass is 220 g/mol. The zero-order chi connectivity index (χ0) is 10.7. The van der Waals surface area contributed by atoms with Gasteiger partial charge in [0.25, 0.3) is 0 Å². The lowest BCUT2D eigenvalue weighted by Gasteiger charge is -1.93. The lowest BCUT2D eigenvalue weighted by atomic mass is 10.3. The topological polar surface area (TPSA) is 35.0 Å². The van der Waals surface area contributed by atoms with E-state index in [2.05, 4.69) is 16.9 Å². The van der Waals surface area contributed by atoms with Gasteiger partial charge in [0, 0.05) is 18.0 Å². The van der Waals surface area contributed by atoms with Gasteiger partial charge < -0.3 is 4.74 Å². The van der Waals surface area contributed by atoms with Gasteiger partial charge in [-0.1, -0.05) is 18.3 Å². The van der Waals surface area contributed by atoms with Gasteiger partial charge in [0.05, 0.1) is 12.8 Å². The summed E-state index contributed by atoms with van der Waals surface area (Å²) in [6, 6.07) is 3.92. The second-order valence-corrected chi connectivity index (χ2v) is 4.01. The van der Waals surface area contributed by atoms with Crippen LogP contribution in [0.3, 0.4) is 0 Å². The molecule has 0 N–H and O–H groups in total. The fourth-order valence-electron chi connectivity index (χ4n) is 1.33. The van der Waals surface area contributed by atoms with Crippen LogP contribution in [-0.2, 0) is 6.42 Å². The van der Waals surface area contributed by atoms with Crippen molar-refractivity contribution in [3.63, 3.8) is 0 Å². The Balaban J connectivity index is 2.42. The molecule has 0 unspecified atom stereocenters. The third kappa shape index (κ3) is 1.99. The van der Waals surface area contributed by atoms with Crippen molar-refractivity contribution in [3.05, 3.63) is 30.2 Å². The van der Waals surface area contributed by atoms with Crippen LogP contribution in [0.4, 0.5) is 0 Å². The molecule has 0 saturated heterocycles. The van der Waals surface area contributed by atoms with E-state index >= 15 is 0 Å². The second kappa shape index (κ2) is 4.40. The van der Waals surface area contributed by atoms with Crippen LogP contribution in [0.15, 0.2) is 24.5 Å². The number of aryl methyl sites for hydroxylation is 1. The first-order chi connectivity index (χ1) is 7.35. The van der Waals surface area contributed by atoms with Crippen LogP contribution in [0, 0.1) is 0 Å². The van der Waals surface area contributed by atoms with Gasteiger partial charge in [0.1, 0.15) is 5.01 Å². The normalized spacial score (nSPS) is 10.3. The Morgan fingerprint density at radius 1 is 1.47 bits per heavy atom. The molecule has 0 saturated carbocycles. The number of hydrogen-bond donors (Lipinski definition) is 0. The quantitative estimate of drug-likeness (QED) is 0.797. The van der Waals surface area contributed by atoms with Crippen molar-refractivity contribution in [3.8, 4) is 15.6 Å². The van der Waals surface area contributed by atoms with Crippen LogP contribution in [0.1, 0.15) is 12.6 Å². The molecule has 0 amide bonds. The van der Waals surface area contributed by atoms with Gasteiger partial charge in [-0.15, -0.1) is 0 Å². The number of hydrogen-bond acceptors (Lipinski definition) is 4. The molecular formula is C11H12N2OS. The first-order valence-corrected chi connectivity index (χ1v) is 5.61. The number of rotatable bonds is 3. The molecule has 0 spiro atoms. The summed E-state index contributed by atoms with van der Waals surface area (Å²) in [4.78, 5) is 8.60. The highest BCUT2D eigenvalue weighted by atomic mass is 32.1. The maximum Gasteiger partial charge on any atom is 0.197 e. The summed E-state index contributed by atoms with van der Waals surface area (Å²) in [6.45, 7) is 2.07. The molecule has 4 heteroatoms. The summed E-state index contributed by atoms with van der Waals surface area (Å²) in [6.07, 6.45) is 4.46. The van der Waals surface area contributed by atoms with E-state index in [0.717, 1.165) is 27.7 Å². The summed E-state index contributed by atoms with van der Waals surface area (Å²) < 4.78 is 5.27. The average molecular weight is 220 g/mol. The van der Waals surface area contributed by atoms with Crippen molar-refractivity contribution in [1.82, 2.24) is 9.97 Å². The van der Waals surface area contributed by atoms with E-state index in [1.54, 1.807) is 24.6 Å². The van der Waals surface area contributed by atoms with Crippen molar-refractivity contribution >= 4 is 11.3 Å². The van der Waals surface area contributed by atoms with Crippen molar-refractivity contribution in [1.29, 1.82) is 0 Å². The van der Waals surface area contributed by atoms with Crippen molar-refractivity contribution < 1.29 is 4.74 Å². The van der Waals surface area contributed by atoms with E-state index in [-0.39, 0.29) is 0 Å². The molecule has 0 aliphatic rings. The van der Waals surface area contributed by atoms with E-state index in [4.69, 9.17) is 4.74 Å². The number of ether oxygens (including phenoxy) is 1. The molecule has 78 valence electrons. The van der Waals surface area contributed by atoms with Gasteiger partial charge in [-0.25, -0.2) is 4.98 Å². The predicted octanol–water partition coefficient (Wildman–Crippen LogP) is 2.78. The van der Waals surface area contributed by atoms with Gasteiger partial charge in [-0.3, -0.25) is 4.98 Å². The minimum absolute atomic E-state index is 0.889. The predicted molar refractivity (Wildman–Crippen MR) is 61.3 cm³/mol. The van der Waals surface area contributed by atoms with Gasteiger partial charge in [0.2, 0.25) is 0 Å². The highest BCUT2D eigenvalue weighted by Crippen LogP contribution is 2.33. The van der Waals surface area contributed by atoms with Crippen LogP contribution in [0.5, 0.6) is 5.06 Å². The van der Waals surface area contributed by atoms with Crippen LogP contribution in [0.25, 0.3) is 10.6 Å². The third-order valence-electron chi connectivity index (χ3n) is 2.09. The Kier molecular flexibility index (Phi) is 2.97. The smallest absolute Gasteiger partial charge is 0.197 e. The minimum Gasteiger partial charge on any atom is -0.486 e. The first kappa shape index (κ1) is 10.1. The summed E-state index contributed by atoms with van der Waals surface area (Å²) in [7, 11) is 1.68. The van der Waals surface area contributed by atoms with Gasteiger partial charge in [-0.05, 0) is 18.6 Å². The SMILES string of the molecule is CCc1nc(-c2cccnc2)sc1OC. The molecule has 0 radical (unpaired) electrons. The molecule has 0 aliphatic heterocycles. The molecule has 2 aromatic heterocycles. The molecule has 2 aromatic rings. The Hall–Kier alpha value is -1.42. The van der Waals surface area contributed by atoms with E-state index in [1.165, 1.54) is 0 Å². The van der Waals surface area contributed by atoms with Crippen molar-refractivity contribution in [2.45, 2.75) is 13.3 Å². The lowest BCUT2D eigenvalue weighted by molar-refractivity contribution is 0.421. The highest BCUT2D eigenvalue weighted by Gasteiger charge is 2.11. The summed E-state index contributed by atoms with van der Waals surface area (Å²) in [5.41, 5.74) is 2.06. The molecule has 3 nitrogen and oxygen atoms in total. The van der Waals surface area contributed by atoms with Crippen LogP contribution < -0.4 is 4.74 Å². The van der Waals surface area contributed by atoms with Gasteiger partial charge in [0.15, 0.2) is 5.06 Å². The van der Waals surface area contributed by atoms with E-state index < -0.39 is 0 Å². The first-order valence-electron chi connectivity index (χ1n) is 4.79. The Bertz CT molecular complexity index is 418.